The highest BCUT2D eigenvalue weighted by atomic mass is 32.1. The predicted octanol–water partition coefficient (Wildman–Crippen LogP) is 1.83. The number of carbonyl (C=O) groups excluding carboxylic acids is 2. The number of benzene rings is 1. The monoisotopic (exact) mass is 276 g/mol. The fourth-order valence-electron chi connectivity index (χ4n) is 1.48. The summed E-state index contributed by atoms with van der Waals surface area (Å²) >= 11 is 1.30. The minimum absolute atomic E-state index is 0.349. The molecule has 0 atom stereocenters. The number of hydrogen-bond donors (Lipinski definition) is 2. The van der Waals surface area contributed by atoms with Crippen molar-refractivity contribution < 1.29 is 14.3 Å². The summed E-state index contributed by atoms with van der Waals surface area (Å²) in [6.07, 6.45) is 0. The third-order valence-electron chi connectivity index (χ3n) is 2.39. The zero-order valence-electron chi connectivity index (χ0n) is 10.2. The number of nitrogens with one attached hydrogen (secondary N) is 2. The van der Waals surface area contributed by atoms with Crippen LogP contribution < -0.4 is 15.6 Å². The Bertz CT molecular complexity index is 581. The lowest BCUT2D eigenvalue weighted by atomic mass is 10.2. The van der Waals surface area contributed by atoms with Crippen LogP contribution >= 0.6 is 11.3 Å². The molecule has 0 aliphatic heterocycles. The third-order valence-corrected chi connectivity index (χ3v) is 3.25. The number of para-hydroxylation sites is 1. The van der Waals surface area contributed by atoms with Crippen molar-refractivity contribution in [1.29, 1.82) is 0 Å². The van der Waals surface area contributed by atoms with Gasteiger partial charge in [0.25, 0.3) is 11.8 Å². The van der Waals surface area contributed by atoms with E-state index in [1.807, 2.05) is 0 Å². The number of ether oxygens (including phenoxy) is 1. The Morgan fingerprint density at radius 1 is 1.05 bits per heavy atom. The van der Waals surface area contributed by atoms with Crippen LogP contribution in [0.2, 0.25) is 0 Å². The SMILES string of the molecule is COc1ccccc1C(=O)NNC(=O)c1cccs1. The van der Waals surface area contributed by atoms with Crippen LogP contribution in [-0.2, 0) is 0 Å². The number of amides is 2. The first-order valence-electron chi connectivity index (χ1n) is 5.49. The summed E-state index contributed by atoms with van der Waals surface area (Å²) in [7, 11) is 1.48. The largest absolute Gasteiger partial charge is 0.496 e. The van der Waals surface area contributed by atoms with E-state index in [2.05, 4.69) is 10.9 Å². The molecule has 0 unspecified atom stereocenters. The number of methoxy groups -OCH3 is 1. The molecule has 2 N–H and O–H groups in total. The van der Waals surface area contributed by atoms with Crippen LogP contribution in [0, 0.1) is 0 Å². The second-order valence-electron chi connectivity index (χ2n) is 3.59. The molecule has 0 bridgehead atoms. The summed E-state index contributed by atoms with van der Waals surface area (Å²) in [6.45, 7) is 0. The normalized spacial score (nSPS) is 9.74. The van der Waals surface area contributed by atoms with Crippen molar-refractivity contribution in [3.63, 3.8) is 0 Å². The van der Waals surface area contributed by atoms with Crippen LogP contribution in [0.15, 0.2) is 41.8 Å². The molecule has 2 aromatic rings. The minimum atomic E-state index is -0.428. The predicted molar refractivity (Wildman–Crippen MR) is 72.2 cm³/mol. The molecule has 2 rings (SSSR count). The number of carbonyl (C=O) groups is 2. The van der Waals surface area contributed by atoms with E-state index in [4.69, 9.17) is 4.74 Å². The van der Waals surface area contributed by atoms with E-state index >= 15 is 0 Å². The molecule has 0 saturated heterocycles. The first-order chi connectivity index (χ1) is 9.22. The molecule has 6 heteroatoms. The van der Waals surface area contributed by atoms with E-state index in [9.17, 15) is 9.59 Å². The van der Waals surface area contributed by atoms with Gasteiger partial charge in [-0.3, -0.25) is 20.4 Å². The Labute approximate surface area is 114 Å². The van der Waals surface area contributed by atoms with Gasteiger partial charge in [0.2, 0.25) is 0 Å². The Morgan fingerprint density at radius 3 is 2.47 bits per heavy atom. The van der Waals surface area contributed by atoms with Crippen LogP contribution in [0.4, 0.5) is 0 Å². The molecule has 0 saturated carbocycles. The van der Waals surface area contributed by atoms with Crippen molar-refractivity contribution in [3.05, 3.63) is 52.2 Å². The van der Waals surface area contributed by atoms with E-state index in [0.29, 0.717) is 16.2 Å². The molecule has 0 fully saturated rings. The van der Waals surface area contributed by atoms with Crippen molar-refractivity contribution >= 4 is 23.2 Å². The van der Waals surface area contributed by atoms with Gasteiger partial charge in [-0.05, 0) is 23.6 Å². The van der Waals surface area contributed by atoms with Gasteiger partial charge < -0.3 is 4.74 Å². The summed E-state index contributed by atoms with van der Waals surface area (Å²) in [6, 6.07) is 10.2. The second-order valence-corrected chi connectivity index (χ2v) is 4.53. The summed E-state index contributed by atoms with van der Waals surface area (Å²) in [4.78, 5) is 24.1. The van der Waals surface area contributed by atoms with E-state index < -0.39 is 5.91 Å². The van der Waals surface area contributed by atoms with Gasteiger partial charge in [0.15, 0.2) is 0 Å². The molecule has 98 valence electrons. The second kappa shape index (κ2) is 6.01. The first-order valence-corrected chi connectivity index (χ1v) is 6.37. The highest BCUT2D eigenvalue weighted by molar-refractivity contribution is 7.12. The molecular formula is C13H12N2O3S. The van der Waals surface area contributed by atoms with Crippen LogP contribution in [0.1, 0.15) is 20.0 Å². The molecule has 0 aliphatic rings. The summed E-state index contributed by atoms with van der Waals surface area (Å²) in [5.74, 6) is -0.328. The standard InChI is InChI=1S/C13H12N2O3S/c1-18-10-6-3-2-5-9(10)12(16)14-15-13(17)11-7-4-8-19-11/h2-8H,1H3,(H,14,16)(H,15,17). The Morgan fingerprint density at radius 2 is 1.79 bits per heavy atom. The van der Waals surface area contributed by atoms with Crippen molar-refractivity contribution in [1.82, 2.24) is 10.9 Å². The molecule has 1 aromatic carbocycles. The Hall–Kier alpha value is -2.34. The van der Waals surface area contributed by atoms with E-state index in [1.165, 1.54) is 18.4 Å². The lowest BCUT2D eigenvalue weighted by Crippen LogP contribution is -2.41. The highest BCUT2D eigenvalue weighted by Crippen LogP contribution is 2.16. The smallest absolute Gasteiger partial charge is 0.279 e. The average Bonchev–Trinajstić information content (AvgIpc) is 2.98. The van der Waals surface area contributed by atoms with Crippen molar-refractivity contribution in [3.8, 4) is 5.75 Å². The third kappa shape index (κ3) is 3.11. The van der Waals surface area contributed by atoms with Gasteiger partial charge in [-0.25, -0.2) is 0 Å². The van der Waals surface area contributed by atoms with E-state index in [0.717, 1.165) is 0 Å². The van der Waals surface area contributed by atoms with Gasteiger partial charge in [0.1, 0.15) is 5.75 Å². The van der Waals surface area contributed by atoms with Crippen LogP contribution in [0.5, 0.6) is 5.75 Å². The number of thiophene rings is 1. The Kier molecular flexibility index (Phi) is 4.15. The van der Waals surface area contributed by atoms with Gasteiger partial charge >= 0.3 is 0 Å². The van der Waals surface area contributed by atoms with Crippen LogP contribution in [0.3, 0.4) is 0 Å². The molecule has 0 radical (unpaired) electrons. The van der Waals surface area contributed by atoms with Gasteiger partial charge in [-0.1, -0.05) is 18.2 Å². The van der Waals surface area contributed by atoms with Gasteiger partial charge in [0.05, 0.1) is 17.6 Å². The maximum Gasteiger partial charge on any atom is 0.279 e. The lowest BCUT2D eigenvalue weighted by Gasteiger charge is -2.09. The lowest BCUT2D eigenvalue weighted by molar-refractivity contribution is 0.0847. The zero-order chi connectivity index (χ0) is 13.7. The fourth-order valence-corrected chi connectivity index (χ4v) is 2.10. The molecule has 5 nitrogen and oxygen atoms in total. The molecule has 2 amide bonds. The van der Waals surface area contributed by atoms with E-state index in [1.54, 1.807) is 41.8 Å². The number of rotatable bonds is 3. The summed E-state index contributed by atoms with van der Waals surface area (Å²) in [5.41, 5.74) is 5.06. The molecule has 1 aromatic heterocycles. The Balaban J connectivity index is 2.00. The van der Waals surface area contributed by atoms with Gasteiger partial charge in [-0.2, -0.15) is 0 Å². The highest BCUT2D eigenvalue weighted by Gasteiger charge is 2.13. The summed E-state index contributed by atoms with van der Waals surface area (Å²) in [5, 5.41) is 1.79. The number of hydrogen-bond acceptors (Lipinski definition) is 4. The topological polar surface area (TPSA) is 67.4 Å². The van der Waals surface area contributed by atoms with Crippen molar-refractivity contribution in [2.45, 2.75) is 0 Å². The van der Waals surface area contributed by atoms with Crippen molar-refractivity contribution in [2.75, 3.05) is 7.11 Å². The molecule has 0 aliphatic carbocycles. The zero-order valence-corrected chi connectivity index (χ0v) is 11.0. The molecular weight excluding hydrogens is 264 g/mol. The average molecular weight is 276 g/mol. The summed E-state index contributed by atoms with van der Waals surface area (Å²) < 4.78 is 5.07. The maximum absolute atomic E-state index is 11.9. The molecule has 1 heterocycles. The first kappa shape index (κ1) is 13.1. The van der Waals surface area contributed by atoms with Crippen LogP contribution in [0.25, 0.3) is 0 Å². The van der Waals surface area contributed by atoms with Crippen molar-refractivity contribution in [2.24, 2.45) is 0 Å². The van der Waals surface area contributed by atoms with Gasteiger partial charge in [0, 0.05) is 0 Å². The maximum atomic E-state index is 11.9. The molecule has 19 heavy (non-hydrogen) atoms. The van der Waals surface area contributed by atoms with Gasteiger partial charge in [-0.15, -0.1) is 11.3 Å². The molecule has 0 spiro atoms. The van der Waals surface area contributed by atoms with E-state index in [-0.39, 0.29) is 5.91 Å². The number of hydrazine groups is 1. The van der Waals surface area contributed by atoms with Crippen LogP contribution in [-0.4, -0.2) is 18.9 Å². The minimum Gasteiger partial charge on any atom is -0.496 e. The quantitative estimate of drug-likeness (QED) is 0.840. The fraction of sp³-hybridized carbons (Fsp3) is 0.0769.